The number of carbonyl (C=O) groups is 3. The first-order valence-corrected chi connectivity index (χ1v) is 16.9. The molecule has 0 heterocycles. The van der Waals surface area contributed by atoms with Gasteiger partial charge < -0.3 is 19.3 Å². The third-order valence-electron chi connectivity index (χ3n) is 8.85. The summed E-state index contributed by atoms with van der Waals surface area (Å²) in [5.74, 6) is -4.57. The van der Waals surface area contributed by atoms with Crippen LogP contribution in [0.1, 0.15) is 99.3 Å². The largest absolute Gasteiger partial charge is 0.511 e. The lowest BCUT2D eigenvalue weighted by molar-refractivity contribution is -0.373. The van der Waals surface area contributed by atoms with Gasteiger partial charge in [-0.25, -0.2) is 13.1 Å². The second kappa shape index (κ2) is 15.9. The molecule has 0 aromatic carbocycles. The minimum Gasteiger partial charge on any atom is -0.464 e. The van der Waals surface area contributed by atoms with Gasteiger partial charge in [0.2, 0.25) is 0 Å². The standard InChI is InChI=1S/C29H44F9NO9S/c1-7-24(6,22(42)46-14-13-39-49(44,45)29(36,37)38)17-19(20(40)48-25(8-2)11-9-10-12-25)16-23(4,5)21(41)47-18(3)15-26(43,27(30,31)32)28(33,34)35/h18-19,39,43H,7-17H2,1-6H3. The summed E-state index contributed by atoms with van der Waals surface area (Å²) in [6, 6.07) is 0. The number of halogens is 9. The number of hydrogen-bond donors (Lipinski definition) is 2. The molecule has 1 rings (SSSR count). The first-order chi connectivity index (χ1) is 21.9. The van der Waals surface area contributed by atoms with Crippen molar-refractivity contribution in [2.75, 3.05) is 13.2 Å². The van der Waals surface area contributed by atoms with Crippen molar-refractivity contribution in [1.29, 1.82) is 0 Å². The number of hydrogen-bond acceptors (Lipinski definition) is 9. The van der Waals surface area contributed by atoms with Gasteiger partial charge in [0, 0.05) is 13.0 Å². The van der Waals surface area contributed by atoms with Gasteiger partial charge in [-0.2, -0.15) is 39.5 Å². The second-order valence-corrected chi connectivity index (χ2v) is 15.1. The summed E-state index contributed by atoms with van der Waals surface area (Å²) in [6.07, 6.45) is -14.5. The Morgan fingerprint density at radius 1 is 0.857 bits per heavy atom. The molecule has 1 aliphatic rings. The van der Waals surface area contributed by atoms with E-state index < -0.39 is 112 Å². The Bertz CT molecular complexity index is 1250. The lowest BCUT2D eigenvalue weighted by Crippen LogP contribution is -2.58. The van der Waals surface area contributed by atoms with Crippen molar-refractivity contribution >= 4 is 27.9 Å². The highest BCUT2D eigenvalue weighted by atomic mass is 32.2. The minimum atomic E-state index is -6.16. The Hall–Kier alpha value is -2.35. The summed E-state index contributed by atoms with van der Waals surface area (Å²) in [6.45, 7) is 5.96. The summed E-state index contributed by atoms with van der Waals surface area (Å²) in [7, 11) is -5.72. The fraction of sp³-hybridized carbons (Fsp3) is 0.897. The average molecular weight is 754 g/mol. The van der Waals surface area contributed by atoms with Gasteiger partial charge in [0.25, 0.3) is 5.60 Å². The summed E-state index contributed by atoms with van der Waals surface area (Å²) in [5, 5.41) is 9.50. The summed E-state index contributed by atoms with van der Waals surface area (Å²) in [5.41, 5.74) is -15.0. The van der Waals surface area contributed by atoms with Crippen molar-refractivity contribution in [2.45, 2.75) is 134 Å². The summed E-state index contributed by atoms with van der Waals surface area (Å²) >= 11 is 0. The molecule has 1 aliphatic carbocycles. The molecule has 2 N–H and O–H groups in total. The van der Waals surface area contributed by atoms with Gasteiger partial charge >= 0.3 is 45.8 Å². The first-order valence-electron chi connectivity index (χ1n) is 15.5. The Morgan fingerprint density at radius 2 is 1.37 bits per heavy atom. The van der Waals surface area contributed by atoms with Crippen molar-refractivity contribution in [3.05, 3.63) is 0 Å². The Balaban J connectivity index is 3.27. The lowest BCUT2D eigenvalue weighted by Gasteiger charge is -2.37. The number of aliphatic hydroxyl groups is 1. The molecular formula is C29H44F9NO9S. The predicted octanol–water partition coefficient (Wildman–Crippen LogP) is 6.25. The molecule has 0 amide bonds. The normalized spacial score (nSPS) is 18.7. The summed E-state index contributed by atoms with van der Waals surface area (Å²) < 4.78 is 156. The highest BCUT2D eigenvalue weighted by Crippen LogP contribution is 2.47. The van der Waals surface area contributed by atoms with Gasteiger partial charge in [0.05, 0.1) is 16.7 Å². The maximum absolute atomic E-state index is 13.7. The lowest BCUT2D eigenvalue weighted by atomic mass is 9.73. The first kappa shape index (κ1) is 44.7. The smallest absolute Gasteiger partial charge is 0.464 e. The number of alkyl halides is 9. The fourth-order valence-corrected chi connectivity index (χ4v) is 5.98. The van der Waals surface area contributed by atoms with Gasteiger partial charge in [-0.3, -0.25) is 14.4 Å². The average Bonchev–Trinajstić information content (AvgIpc) is 3.41. The predicted molar refractivity (Wildman–Crippen MR) is 154 cm³/mol. The SMILES string of the molecule is CCC1(OC(=O)C(CC(C)(C)C(=O)OC(C)CC(O)(C(F)(F)F)C(F)(F)F)CC(C)(CC)C(=O)OCCNS(=O)(=O)C(F)(F)F)CCCC1. The molecule has 0 bridgehead atoms. The van der Waals surface area contributed by atoms with Crippen molar-refractivity contribution in [1.82, 2.24) is 4.72 Å². The molecule has 0 aromatic rings. The number of rotatable bonds is 17. The van der Waals surface area contributed by atoms with E-state index in [2.05, 4.69) is 0 Å². The van der Waals surface area contributed by atoms with Crippen LogP contribution in [0.25, 0.3) is 0 Å². The van der Waals surface area contributed by atoms with Crippen molar-refractivity contribution in [3.63, 3.8) is 0 Å². The van der Waals surface area contributed by atoms with E-state index in [-0.39, 0.29) is 6.42 Å². The van der Waals surface area contributed by atoms with E-state index in [0.717, 1.165) is 12.8 Å². The Morgan fingerprint density at radius 3 is 1.80 bits per heavy atom. The monoisotopic (exact) mass is 753 g/mol. The van der Waals surface area contributed by atoms with E-state index in [4.69, 9.17) is 14.2 Å². The summed E-state index contributed by atoms with van der Waals surface area (Å²) in [4.78, 5) is 39.9. The van der Waals surface area contributed by atoms with Crippen LogP contribution in [0.2, 0.25) is 0 Å². The molecule has 0 aliphatic heterocycles. The van der Waals surface area contributed by atoms with E-state index in [1.165, 1.54) is 32.4 Å². The van der Waals surface area contributed by atoms with Gasteiger partial charge in [-0.05, 0) is 79.1 Å². The highest BCUT2D eigenvalue weighted by Gasteiger charge is 2.70. The molecule has 10 nitrogen and oxygen atoms in total. The van der Waals surface area contributed by atoms with Crippen LogP contribution in [0, 0.1) is 16.7 Å². The highest BCUT2D eigenvalue weighted by molar-refractivity contribution is 7.90. The number of esters is 3. The second-order valence-electron chi connectivity index (χ2n) is 13.3. The van der Waals surface area contributed by atoms with Gasteiger partial charge in [0.15, 0.2) is 0 Å². The minimum absolute atomic E-state index is 0.0435. The Kier molecular flexibility index (Phi) is 14.5. The van der Waals surface area contributed by atoms with Crippen LogP contribution in [-0.4, -0.2) is 79.8 Å². The van der Waals surface area contributed by atoms with Crippen LogP contribution in [0.3, 0.4) is 0 Å². The molecule has 3 unspecified atom stereocenters. The molecule has 3 atom stereocenters. The van der Waals surface area contributed by atoms with Crippen LogP contribution in [0.4, 0.5) is 39.5 Å². The zero-order valence-electron chi connectivity index (χ0n) is 28.0. The maximum Gasteiger partial charge on any atom is 0.511 e. The van der Waals surface area contributed by atoms with E-state index in [1.54, 1.807) is 6.92 Å². The van der Waals surface area contributed by atoms with Gasteiger partial charge in [0.1, 0.15) is 18.3 Å². The van der Waals surface area contributed by atoms with Crippen LogP contribution < -0.4 is 4.72 Å². The molecule has 20 heteroatoms. The van der Waals surface area contributed by atoms with Crippen molar-refractivity contribution in [3.8, 4) is 0 Å². The van der Waals surface area contributed by atoms with E-state index in [9.17, 15) is 67.4 Å². The van der Waals surface area contributed by atoms with Crippen LogP contribution >= 0.6 is 0 Å². The van der Waals surface area contributed by atoms with E-state index in [1.807, 2.05) is 0 Å². The quantitative estimate of drug-likeness (QED) is 0.0762. The van der Waals surface area contributed by atoms with Crippen molar-refractivity contribution in [2.24, 2.45) is 16.7 Å². The fourth-order valence-electron chi connectivity index (χ4n) is 5.47. The third kappa shape index (κ3) is 11.3. The zero-order valence-corrected chi connectivity index (χ0v) is 28.8. The number of nitrogens with one attached hydrogen (secondary N) is 1. The topological polar surface area (TPSA) is 145 Å². The van der Waals surface area contributed by atoms with Crippen LogP contribution in [0.5, 0.6) is 0 Å². The maximum atomic E-state index is 13.7. The van der Waals surface area contributed by atoms with Crippen LogP contribution in [-0.2, 0) is 38.6 Å². The van der Waals surface area contributed by atoms with Crippen LogP contribution in [0.15, 0.2) is 0 Å². The molecule has 0 aromatic heterocycles. The third-order valence-corrected chi connectivity index (χ3v) is 10.0. The Labute approximate surface area is 278 Å². The molecule has 49 heavy (non-hydrogen) atoms. The van der Waals surface area contributed by atoms with Crippen molar-refractivity contribution < 1.29 is 81.6 Å². The number of ether oxygens (including phenoxy) is 3. The van der Waals surface area contributed by atoms with Gasteiger partial charge in [-0.15, -0.1) is 0 Å². The molecule has 0 spiro atoms. The molecule has 1 fully saturated rings. The zero-order chi connectivity index (χ0) is 38.5. The number of carbonyl (C=O) groups excluding carboxylic acids is 3. The van der Waals surface area contributed by atoms with Gasteiger partial charge in [-0.1, -0.05) is 13.8 Å². The molecule has 0 radical (unpaired) electrons. The molecule has 0 saturated heterocycles. The molecule has 288 valence electrons. The molecule has 1 saturated carbocycles. The molecular weight excluding hydrogens is 709 g/mol. The number of sulfonamides is 1. The van der Waals surface area contributed by atoms with E-state index >= 15 is 0 Å². The van der Waals surface area contributed by atoms with E-state index in [0.29, 0.717) is 26.2 Å².